The lowest BCUT2D eigenvalue weighted by Crippen LogP contribution is -2.46. The van der Waals surface area contributed by atoms with Crippen LogP contribution in [0.5, 0.6) is 0 Å². The number of nitrogens with one attached hydrogen (secondary N) is 2. The molecule has 0 bridgehead atoms. The molecule has 0 spiro atoms. The molecule has 0 amide bonds. The van der Waals surface area contributed by atoms with E-state index in [-0.39, 0.29) is 30.0 Å². The summed E-state index contributed by atoms with van der Waals surface area (Å²) in [5.41, 5.74) is 2.34. The molecular formula is C21H29IN8O. The van der Waals surface area contributed by atoms with Crippen LogP contribution >= 0.6 is 24.0 Å². The first-order chi connectivity index (χ1) is 14.7. The number of aryl methyl sites for hydroxylation is 1. The Morgan fingerprint density at radius 2 is 2.10 bits per heavy atom. The van der Waals surface area contributed by atoms with Gasteiger partial charge in [-0.25, -0.2) is 9.67 Å². The molecule has 31 heavy (non-hydrogen) atoms. The Morgan fingerprint density at radius 3 is 2.87 bits per heavy atom. The topological polar surface area (TPSA) is 94.2 Å². The number of aliphatic imine (C=N–C) groups is 1. The lowest BCUT2D eigenvalue weighted by atomic mass is 10.1. The van der Waals surface area contributed by atoms with Crippen LogP contribution in [0.15, 0.2) is 47.7 Å². The zero-order valence-electron chi connectivity index (χ0n) is 17.9. The third-order valence-electron chi connectivity index (χ3n) is 5.07. The van der Waals surface area contributed by atoms with E-state index < -0.39 is 0 Å². The fourth-order valence-corrected chi connectivity index (χ4v) is 3.60. The van der Waals surface area contributed by atoms with Gasteiger partial charge in [0.25, 0.3) is 0 Å². The summed E-state index contributed by atoms with van der Waals surface area (Å²) >= 11 is 0. The minimum absolute atomic E-state index is 0. The molecule has 4 rings (SSSR count). The van der Waals surface area contributed by atoms with Crippen LogP contribution in [0.2, 0.25) is 0 Å². The van der Waals surface area contributed by atoms with Gasteiger partial charge in [0.2, 0.25) is 0 Å². The van der Waals surface area contributed by atoms with Gasteiger partial charge in [-0.1, -0.05) is 30.3 Å². The monoisotopic (exact) mass is 536 g/mol. The number of aromatic nitrogens is 5. The molecule has 2 aromatic heterocycles. The second kappa shape index (κ2) is 11.2. The van der Waals surface area contributed by atoms with Crippen LogP contribution < -0.4 is 10.6 Å². The van der Waals surface area contributed by atoms with Gasteiger partial charge in [-0.15, -0.1) is 24.0 Å². The molecule has 10 heteroatoms. The van der Waals surface area contributed by atoms with Crippen molar-refractivity contribution >= 4 is 29.9 Å². The average molecular weight is 536 g/mol. The Bertz CT molecular complexity index is 984. The summed E-state index contributed by atoms with van der Waals surface area (Å²) in [6.07, 6.45) is 5.83. The summed E-state index contributed by atoms with van der Waals surface area (Å²) in [6, 6.07) is 10.6. The predicted molar refractivity (Wildman–Crippen MR) is 129 cm³/mol. The number of fused-ring (bicyclic) bond motifs is 1. The molecule has 2 N–H and O–H groups in total. The molecule has 1 aliphatic rings. The number of benzene rings is 1. The SMILES string of the molecule is CN=C(NCc1cnn(Cc2ccccc2)c1)NC1CCc2nc(COC)nn2C1.I. The van der Waals surface area contributed by atoms with Gasteiger partial charge in [0.05, 0.1) is 19.3 Å². The van der Waals surface area contributed by atoms with Crippen molar-refractivity contribution in [2.75, 3.05) is 14.2 Å². The normalized spacial score (nSPS) is 15.8. The van der Waals surface area contributed by atoms with Crippen molar-refractivity contribution in [3.05, 3.63) is 65.5 Å². The number of methoxy groups -OCH3 is 1. The van der Waals surface area contributed by atoms with Crippen LogP contribution in [0.4, 0.5) is 0 Å². The second-order valence-corrected chi connectivity index (χ2v) is 7.40. The summed E-state index contributed by atoms with van der Waals surface area (Å²) in [5, 5.41) is 15.9. The second-order valence-electron chi connectivity index (χ2n) is 7.40. The fourth-order valence-electron chi connectivity index (χ4n) is 3.60. The van der Waals surface area contributed by atoms with Gasteiger partial charge in [-0.3, -0.25) is 9.67 Å². The quantitative estimate of drug-likeness (QED) is 0.273. The predicted octanol–water partition coefficient (Wildman–Crippen LogP) is 1.97. The molecule has 1 atom stereocenters. The molecule has 1 aromatic carbocycles. The lowest BCUT2D eigenvalue weighted by molar-refractivity contribution is 0.177. The van der Waals surface area contributed by atoms with Crippen molar-refractivity contribution in [2.24, 2.45) is 4.99 Å². The molecule has 0 saturated heterocycles. The molecule has 0 saturated carbocycles. The Kier molecular flexibility index (Phi) is 8.41. The van der Waals surface area contributed by atoms with E-state index in [2.05, 4.69) is 49.1 Å². The lowest BCUT2D eigenvalue weighted by Gasteiger charge is -2.25. The van der Waals surface area contributed by atoms with E-state index in [1.165, 1.54) is 5.56 Å². The molecule has 3 aromatic rings. The van der Waals surface area contributed by atoms with E-state index in [0.717, 1.165) is 49.1 Å². The van der Waals surface area contributed by atoms with Gasteiger partial charge in [-0.05, 0) is 12.0 Å². The summed E-state index contributed by atoms with van der Waals surface area (Å²) in [7, 11) is 3.44. The van der Waals surface area contributed by atoms with Gasteiger partial charge >= 0.3 is 0 Å². The van der Waals surface area contributed by atoms with Crippen LogP contribution in [0.3, 0.4) is 0 Å². The highest BCUT2D eigenvalue weighted by Crippen LogP contribution is 2.13. The molecule has 0 aliphatic carbocycles. The highest BCUT2D eigenvalue weighted by Gasteiger charge is 2.22. The van der Waals surface area contributed by atoms with Gasteiger partial charge in [0, 0.05) is 44.9 Å². The summed E-state index contributed by atoms with van der Waals surface area (Å²) < 4.78 is 9.05. The van der Waals surface area contributed by atoms with E-state index in [4.69, 9.17) is 4.74 Å². The first-order valence-electron chi connectivity index (χ1n) is 10.2. The number of hydrogen-bond donors (Lipinski definition) is 2. The maximum Gasteiger partial charge on any atom is 0.191 e. The Balaban J connectivity index is 0.00000272. The van der Waals surface area contributed by atoms with E-state index in [0.29, 0.717) is 13.2 Å². The summed E-state index contributed by atoms with van der Waals surface area (Å²) in [4.78, 5) is 8.89. The van der Waals surface area contributed by atoms with Gasteiger partial charge in [0.1, 0.15) is 12.4 Å². The van der Waals surface area contributed by atoms with Crippen molar-refractivity contribution < 1.29 is 4.74 Å². The van der Waals surface area contributed by atoms with Gasteiger partial charge in [-0.2, -0.15) is 10.2 Å². The molecule has 166 valence electrons. The average Bonchev–Trinajstić information content (AvgIpc) is 3.38. The third kappa shape index (κ3) is 6.26. The largest absolute Gasteiger partial charge is 0.377 e. The first kappa shape index (κ1) is 23.2. The summed E-state index contributed by atoms with van der Waals surface area (Å²) in [5.74, 6) is 2.54. The minimum Gasteiger partial charge on any atom is -0.377 e. The number of rotatable bonds is 7. The molecule has 0 radical (unpaired) electrons. The van der Waals surface area contributed by atoms with Crippen LogP contribution in [-0.4, -0.2) is 50.7 Å². The molecular weight excluding hydrogens is 507 g/mol. The van der Waals surface area contributed by atoms with Crippen LogP contribution in [0.1, 0.15) is 29.2 Å². The number of hydrogen-bond acceptors (Lipinski definition) is 5. The van der Waals surface area contributed by atoms with E-state index in [1.54, 1.807) is 14.2 Å². The minimum atomic E-state index is 0. The molecule has 1 aliphatic heterocycles. The number of guanidine groups is 1. The van der Waals surface area contributed by atoms with Crippen molar-refractivity contribution in [1.82, 2.24) is 35.2 Å². The van der Waals surface area contributed by atoms with Gasteiger partial charge in [0.15, 0.2) is 11.8 Å². The zero-order valence-corrected chi connectivity index (χ0v) is 20.2. The highest BCUT2D eigenvalue weighted by atomic mass is 127. The smallest absolute Gasteiger partial charge is 0.191 e. The van der Waals surface area contributed by atoms with Crippen LogP contribution in [0, 0.1) is 0 Å². The fraction of sp³-hybridized carbons (Fsp3) is 0.429. The standard InChI is InChI=1S/C21H28N8O.HI/c1-22-21(25-18-8-9-20-26-19(15-30-2)27-29(20)14-18)23-10-17-11-24-28(13-17)12-16-6-4-3-5-7-16;/h3-7,11,13,18H,8-10,12,14-15H2,1-2H3,(H2,22,23,25);1H. The third-order valence-corrected chi connectivity index (χ3v) is 5.07. The van der Waals surface area contributed by atoms with E-state index in [1.807, 2.05) is 33.8 Å². The zero-order chi connectivity index (χ0) is 20.8. The highest BCUT2D eigenvalue weighted by molar-refractivity contribution is 14.0. The Morgan fingerprint density at radius 1 is 1.26 bits per heavy atom. The maximum atomic E-state index is 5.13. The van der Waals surface area contributed by atoms with Crippen molar-refractivity contribution in [2.45, 2.75) is 45.1 Å². The van der Waals surface area contributed by atoms with Gasteiger partial charge < -0.3 is 15.4 Å². The number of ether oxygens (including phenoxy) is 1. The van der Waals surface area contributed by atoms with E-state index >= 15 is 0 Å². The van der Waals surface area contributed by atoms with Crippen LogP contribution in [0.25, 0.3) is 0 Å². The molecule has 3 heterocycles. The Hall–Kier alpha value is -2.47. The number of halogens is 1. The van der Waals surface area contributed by atoms with Crippen molar-refractivity contribution in [1.29, 1.82) is 0 Å². The number of nitrogens with zero attached hydrogens (tertiary/aromatic N) is 6. The van der Waals surface area contributed by atoms with Crippen molar-refractivity contribution in [3.63, 3.8) is 0 Å². The van der Waals surface area contributed by atoms with E-state index in [9.17, 15) is 0 Å². The molecule has 9 nitrogen and oxygen atoms in total. The Labute approximate surface area is 199 Å². The first-order valence-corrected chi connectivity index (χ1v) is 10.2. The van der Waals surface area contributed by atoms with Crippen LogP contribution in [-0.2, 0) is 37.4 Å². The molecule has 0 fully saturated rings. The molecule has 1 unspecified atom stereocenters. The summed E-state index contributed by atoms with van der Waals surface area (Å²) in [6.45, 7) is 2.63. The maximum absolute atomic E-state index is 5.13. The van der Waals surface area contributed by atoms with Crippen molar-refractivity contribution in [3.8, 4) is 0 Å².